The van der Waals surface area contributed by atoms with Crippen molar-refractivity contribution in [2.75, 3.05) is 13.7 Å². The number of furan rings is 1. The topological polar surface area (TPSA) is 60.7 Å². The van der Waals surface area contributed by atoms with Crippen molar-refractivity contribution >= 4 is 5.91 Å². The Labute approximate surface area is 165 Å². The van der Waals surface area contributed by atoms with Crippen LogP contribution in [-0.2, 0) is 0 Å². The van der Waals surface area contributed by atoms with E-state index in [9.17, 15) is 4.79 Å². The standard InChI is InChI=1S/C23H25NO4/c1-16(2)15-28-19-12-11-18(14-21(19)26-3)23(25)24-22(20-10-7-13-27-20)17-8-5-4-6-9-17/h4-14,16,22H,15H2,1-3H3,(H,24,25). The van der Waals surface area contributed by atoms with Crippen molar-refractivity contribution in [1.29, 1.82) is 0 Å². The molecule has 28 heavy (non-hydrogen) atoms. The first-order valence-corrected chi connectivity index (χ1v) is 9.28. The highest BCUT2D eigenvalue weighted by Crippen LogP contribution is 2.29. The fourth-order valence-electron chi connectivity index (χ4n) is 2.82. The van der Waals surface area contributed by atoms with Gasteiger partial charge >= 0.3 is 0 Å². The molecule has 0 aliphatic carbocycles. The summed E-state index contributed by atoms with van der Waals surface area (Å²) in [6.45, 7) is 4.73. The van der Waals surface area contributed by atoms with Crippen molar-refractivity contribution in [3.8, 4) is 11.5 Å². The summed E-state index contributed by atoms with van der Waals surface area (Å²) < 4.78 is 16.7. The minimum Gasteiger partial charge on any atom is -0.493 e. The van der Waals surface area contributed by atoms with Crippen LogP contribution < -0.4 is 14.8 Å². The highest BCUT2D eigenvalue weighted by atomic mass is 16.5. The van der Waals surface area contributed by atoms with Crippen molar-refractivity contribution < 1.29 is 18.7 Å². The molecule has 1 heterocycles. The van der Waals surface area contributed by atoms with Crippen molar-refractivity contribution in [2.45, 2.75) is 19.9 Å². The molecule has 0 saturated heterocycles. The molecule has 3 rings (SSSR count). The second-order valence-corrected chi connectivity index (χ2v) is 6.90. The highest BCUT2D eigenvalue weighted by Gasteiger charge is 2.21. The molecule has 0 aliphatic rings. The fraction of sp³-hybridized carbons (Fsp3) is 0.261. The van der Waals surface area contributed by atoms with Gasteiger partial charge in [0.15, 0.2) is 11.5 Å². The van der Waals surface area contributed by atoms with E-state index in [-0.39, 0.29) is 11.9 Å². The normalized spacial score (nSPS) is 11.9. The van der Waals surface area contributed by atoms with Crippen molar-refractivity contribution in [2.24, 2.45) is 5.92 Å². The summed E-state index contributed by atoms with van der Waals surface area (Å²) in [5, 5.41) is 3.04. The van der Waals surface area contributed by atoms with Crippen LogP contribution >= 0.6 is 0 Å². The first-order valence-electron chi connectivity index (χ1n) is 9.28. The first-order chi connectivity index (χ1) is 13.6. The number of methoxy groups -OCH3 is 1. The van der Waals surface area contributed by atoms with Gasteiger partial charge in [0.25, 0.3) is 5.91 Å². The van der Waals surface area contributed by atoms with E-state index in [1.54, 1.807) is 37.6 Å². The molecule has 0 bridgehead atoms. The molecule has 0 fully saturated rings. The van der Waals surface area contributed by atoms with Gasteiger partial charge < -0.3 is 19.2 Å². The predicted octanol–water partition coefficient (Wildman–Crippen LogP) is 4.84. The van der Waals surface area contributed by atoms with Crippen LogP contribution in [0.2, 0.25) is 0 Å². The maximum atomic E-state index is 12.9. The predicted molar refractivity (Wildman–Crippen MR) is 108 cm³/mol. The summed E-state index contributed by atoms with van der Waals surface area (Å²) in [5.74, 6) is 2.00. The molecular formula is C23H25NO4. The summed E-state index contributed by atoms with van der Waals surface area (Å²) in [4.78, 5) is 12.9. The number of carbonyl (C=O) groups is 1. The number of hydrogen-bond acceptors (Lipinski definition) is 4. The molecule has 1 amide bonds. The third kappa shape index (κ3) is 4.74. The number of rotatable bonds is 8. The van der Waals surface area contributed by atoms with E-state index in [1.165, 1.54) is 0 Å². The Hall–Kier alpha value is -3.21. The van der Waals surface area contributed by atoms with E-state index in [1.807, 2.05) is 36.4 Å². The molecular weight excluding hydrogens is 354 g/mol. The molecule has 2 aromatic carbocycles. The summed E-state index contributed by atoms with van der Waals surface area (Å²) in [7, 11) is 1.56. The molecule has 0 radical (unpaired) electrons. The minimum absolute atomic E-state index is 0.223. The fourth-order valence-corrected chi connectivity index (χ4v) is 2.82. The summed E-state index contributed by atoms with van der Waals surface area (Å²) in [5.41, 5.74) is 1.43. The van der Waals surface area contributed by atoms with Crippen molar-refractivity contribution in [3.05, 3.63) is 83.8 Å². The van der Waals surface area contributed by atoms with Crippen LogP contribution in [0.3, 0.4) is 0 Å². The van der Waals surface area contributed by atoms with Gasteiger partial charge in [0.2, 0.25) is 0 Å². The van der Waals surface area contributed by atoms with Crippen LogP contribution in [0, 0.1) is 5.92 Å². The molecule has 1 N–H and O–H groups in total. The van der Waals surface area contributed by atoms with Gasteiger partial charge in [0.1, 0.15) is 11.8 Å². The molecule has 3 aromatic rings. The maximum absolute atomic E-state index is 12.9. The van der Waals surface area contributed by atoms with Crippen LogP contribution in [0.4, 0.5) is 0 Å². The largest absolute Gasteiger partial charge is 0.493 e. The number of amides is 1. The molecule has 5 nitrogen and oxygen atoms in total. The van der Waals surface area contributed by atoms with Gasteiger partial charge in [-0.15, -0.1) is 0 Å². The lowest BCUT2D eigenvalue weighted by Crippen LogP contribution is -2.29. The molecule has 5 heteroatoms. The number of carbonyl (C=O) groups excluding carboxylic acids is 1. The Morgan fingerprint density at radius 2 is 1.82 bits per heavy atom. The zero-order valence-electron chi connectivity index (χ0n) is 16.3. The second-order valence-electron chi connectivity index (χ2n) is 6.90. The van der Waals surface area contributed by atoms with Crippen molar-refractivity contribution in [3.63, 3.8) is 0 Å². The first kappa shape index (κ1) is 19.5. The smallest absolute Gasteiger partial charge is 0.252 e. The van der Waals surface area contributed by atoms with Crippen LogP contribution in [-0.4, -0.2) is 19.6 Å². The lowest BCUT2D eigenvalue weighted by molar-refractivity contribution is 0.0938. The van der Waals surface area contributed by atoms with Crippen LogP contribution in [0.15, 0.2) is 71.3 Å². The second kappa shape index (κ2) is 9.13. The number of benzene rings is 2. The summed E-state index contributed by atoms with van der Waals surface area (Å²) in [6.07, 6.45) is 1.60. The monoisotopic (exact) mass is 379 g/mol. The average molecular weight is 379 g/mol. The van der Waals surface area contributed by atoms with Gasteiger partial charge in [0.05, 0.1) is 20.0 Å². The molecule has 146 valence electrons. The van der Waals surface area contributed by atoms with E-state index in [4.69, 9.17) is 13.9 Å². The molecule has 1 unspecified atom stereocenters. The maximum Gasteiger partial charge on any atom is 0.252 e. The molecule has 0 aliphatic heterocycles. The Kier molecular flexibility index (Phi) is 6.37. The van der Waals surface area contributed by atoms with Gasteiger partial charge in [-0.1, -0.05) is 44.2 Å². The van der Waals surface area contributed by atoms with E-state index >= 15 is 0 Å². The molecule has 1 aromatic heterocycles. The van der Waals surface area contributed by atoms with Crippen LogP contribution in [0.5, 0.6) is 11.5 Å². The zero-order valence-corrected chi connectivity index (χ0v) is 16.3. The van der Waals surface area contributed by atoms with E-state index < -0.39 is 0 Å². The van der Waals surface area contributed by atoms with E-state index in [0.29, 0.717) is 35.3 Å². The Morgan fingerprint density at radius 1 is 1.04 bits per heavy atom. The zero-order chi connectivity index (χ0) is 19.9. The third-order valence-corrected chi connectivity index (χ3v) is 4.23. The highest BCUT2D eigenvalue weighted by molar-refractivity contribution is 5.95. The Balaban J connectivity index is 1.82. The number of ether oxygens (including phenoxy) is 2. The number of nitrogens with one attached hydrogen (secondary N) is 1. The SMILES string of the molecule is COc1cc(C(=O)NC(c2ccccc2)c2ccco2)ccc1OCC(C)C. The van der Waals surface area contributed by atoms with E-state index in [0.717, 1.165) is 5.56 Å². The van der Waals surface area contributed by atoms with Crippen LogP contribution in [0.1, 0.15) is 41.6 Å². The Bertz CT molecular complexity index is 888. The lowest BCUT2D eigenvalue weighted by atomic mass is 10.0. The van der Waals surface area contributed by atoms with Gasteiger partial charge in [-0.05, 0) is 41.8 Å². The number of hydrogen-bond donors (Lipinski definition) is 1. The molecule has 0 saturated carbocycles. The van der Waals surface area contributed by atoms with Gasteiger partial charge in [-0.2, -0.15) is 0 Å². The van der Waals surface area contributed by atoms with Gasteiger partial charge in [-0.3, -0.25) is 4.79 Å². The quantitative estimate of drug-likeness (QED) is 0.608. The third-order valence-electron chi connectivity index (χ3n) is 4.23. The lowest BCUT2D eigenvalue weighted by Gasteiger charge is -2.18. The Morgan fingerprint density at radius 3 is 2.46 bits per heavy atom. The summed E-state index contributed by atoms with van der Waals surface area (Å²) >= 11 is 0. The van der Waals surface area contributed by atoms with E-state index in [2.05, 4.69) is 19.2 Å². The molecule has 0 spiro atoms. The summed E-state index contributed by atoms with van der Waals surface area (Å²) in [6, 6.07) is 18.2. The van der Waals surface area contributed by atoms with Crippen molar-refractivity contribution in [1.82, 2.24) is 5.32 Å². The van der Waals surface area contributed by atoms with Gasteiger partial charge in [0, 0.05) is 5.56 Å². The average Bonchev–Trinajstić information content (AvgIpc) is 3.25. The van der Waals surface area contributed by atoms with Gasteiger partial charge in [-0.25, -0.2) is 0 Å². The minimum atomic E-state index is -0.383. The van der Waals surface area contributed by atoms with Crippen LogP contribution in [0.25, 0.3) is 0 Å². The molecule has 1 atom stereocenters.